The topological polar surface area (TPSA) is 249 Å². The maximum Gasteiger partial charge on any atom is 0.226 e. The smallest absolute Gasteiger partial charge is 0.226 e. The number of rotatable bonds is 13. The van der Waals surface area contributed by atoms with Gasteiger partial charge in [0, 0.05) is 66.3 Å². The molecule has 16 nitrogen and oxygen atoms in total. The molecule has 354 valence electrons. The summed E-state index contributed by atoms with van der Waals surface area (Å²) in [6, 6.07) is 12.4. The second kappa shape index (κ2) is 17.1. The van der Waals surface area contributed by atoms with Gasteiger partial charge in [0.15, 0.2) is 16.8 Å². The fraction of sp³-hybridized carbons (Fsp3) is 0.451. The molecule has 9 N–H and O–H groups in total. The number of aromatic hydroxyl groups is 2. The van der Waals surface area contributed by atoms with Gasteiger partial charge in [-0.3, -0.25) is 9.59 Å². The van der Waals surface area contributed by atoms with Crippen LogP contribution in [0.2, 0.25) is 0 Å². The lowest BCUT2D eigenvalue weighted by Crippen LogP contribution is -2.58. The molecule has 1 saturated carbocycles. The minimum Gasteiger partial charge on any atom is -0.508 e. The minimum absolute atomic E-state index is 0.0320. The number of aryl methyl sites for hydroxylation is 2. The normalized spacial score (nSPS) is 24.6. The first-order valence-corrected chi connectivity index (χ1v) is 23.2. The number of ether oxygens (including phenoxy) is 1. The Hall–Kier alpha value is -5.72. The maximum atomic E-state index is 13.9. The summed E-state index contributed by atoms with van der Waals surface area (Å²) in [4.78, 5) is 43.3. The molecule has 3 aromatic carbocycles. The third-order valence-corrected chi connectivity index (χ3v) is 15.3. The van der Waals surface area contributed by atoms with Crippen molar-refractivity contribution in [1.82, 2.24) is 14.9 Å². The van der Waals surface area contributed by atoms with Crippen molar-refractivity contribution in [2.75, 3.05) is 19.8 Å². The maximum absolute atomic E-state index is 13.9. The number of phenols is 2. The van der Waals surface area contributed by atoms with E-state index in [9.17, 15) is 45.3 Å². The summed E-state index contributed by atoms with van der Waals surface area (Å²) in [5, 5.41) is 81.5. The van der Waals surface area contributed by atoms with Gasteiger partial charge in [-0.15, -0.1) is 0 Å². The number of phenolic OH excluding ortho intramolecular Hbond substituents is 2. The van der Waals surface area contributed by atoms with Crippen molar-refractivity contribution in [1.29, 1.82) is 0 Å². The summed E-state index contributed by atoms with van der Waals surface area (Å²) in [5.41, 5.74) is -0.597. The number of fused-ring (bicyclic) bond motifs is 4. The molecule has 1 saturated heterocycles. The highest BCUT2D eigenvalue weighted by atomic mass is 17.2. The number of carbonyl (C=O) groups excluding carboxylic acids is 1. The van der Waals surface area contributed by atoms with Crippen molar-refractivity contribution in [2.45, 2.75) is 107 Å². The van der Waals surface area contributed by atoms with Gasteiger partial charge in [-0.1, -0.05) is 38.0 Å². The van der Waals surface area contributed by atoms with Gasteiger partial charge in [-0.05, 0) is 91.8 Å². The highest BCUT2D eigenvalue weighted by molar-refractivity contribution is 5.93. The molecule has 16 heteroatoms. The van der Waals surface area contributed by atoms with Crippen LogP contribution in [0.4, 0.5) is 0 Å². The van der Waals surface area contributed by atoms with E-state index in [2.05, 4.69) is 29.4 Å². The average Bonchev–Trinajstić information content (AvgIpc) is 4.12. The van der Waals surface area contributed by atoms with E-state index in [1.807, 2.05) is 23.0 Å². The molecule has 67 heavy (non-hydrogen) atoms. The summed E-state index contributed by atoms with van der Waals surface area (Å²) >= 11 is 0. The van der Waals surface area contributed by atoms with E-state index in [-0.39, 0.29) is 41.1 Å². The van der Waals surface area contributed by atoms with E-state index in [4.69, 9.17) is 18.9 Å². The molecule has 2 aliphatic heterocycles. The van der Waals surface area contributed by atoms with E-state index in [0.29, 0.717) is 75.9 Å². The summed E-state index contributed by atoms with van der Waals surface area (Å²) in [7, 11) is 0. The number of benzene rings is 3. The lowest BCUT2D eigenvalue weighted by atomic mass is 9.64. The van der Waals surface area contributed by atoms with Crippen LogP contribution in [0.25, 0.3) is 38.3 Å². The van der Waals surface area contributed by atoms with Crippen LogP contribution < -0.4 is 15.5 Å². The number of aliphatic hydroxyl groups is 5. The van der Waals surface area contributed by atoms with Crippen LogP contribution in [-0.4, -0.2) is 107 Å². The molecule has 4 aliphatic rings. The summed E-state index contributed by atoms with van der Waals surface area (Å²) < 4.78 is 15.9. The van der Waals surface area contributed by atoms with Crippen LogP contribution in [0.15, 0.2) is 82.3 Å². The Kier molecular flexibility index (Phi) is 11.5. The Bertz CT molecular complexity index is 2970. The highest BCUT2D eigenvalue weighted by Gasteiger charge is 2.58. The number of nitrogens with zero attached hydrogens (tertiary/aromatic N) is 1. The SMILES string of the molecule is CCc1c2cc[nH]c2cn1-c1c2c(cc3c(=O)cc(C)oc13)C[C@@H](OOC[C@@](O)(Cc1ccc(O)c3ccc(O)cc13)[C@@H](O)[C@H](O)[C@H](O)CO)[C@]1(CC=C[C@H]([C@@H]3CNC(=O)C34CCCC4)C1)O2. The van der Waals surface area contributed by atoms with Crippen molar-refractivity contribution >= 4 is 38.6 Å². The van der Waals surface area contributed by atoms with E-state index >= 15 is 0 Å². The van der Waals surface area contributed by atoms with Crippen LogP contribution in [0.1, 0.15) is 68.0 Å². The number of nitrogens with one attached hydrogen (secondary N) is 2. The fourth-order valence-corrected chi connectivity index (χ4v) is 11.8. The standard InChI is InChI=1S/C51H57N3O13/c1-3-38-33-12-16-52-37(33)24-54(38)43-45-30(18-35-40(58)17-27(2)65-46(35)43)19-42(51(66-45)15-6-7-29(22-51)36-23-53-48(62)49(36)13-4-5-14-49)67-64-26-50(63,47(61)44(60)41(59)25-55)21-28-8-11-39(57)32-10-9-31(56)20-34(28)32/h6-12,16-18,20,24,29,36,41-42,44,47,52,55-57,59-61,63H,3-5,13-15,19,21-23,25-26H2,1-2H3,(H,53,62)/t29-,36-,41+,42+,44+,47-,50-,51+/m0/s1. The molecular formula is C51H57N3O13. The molecule has 2 aliphatic carbocycles. The van der Waals surface area contributed by atoms with E-state index in [1.165, 1.54) is 36.4 Å². The lowest BCUT2D eigenvalue weighted by molar-refractivity contribution is -0.373. The Balaban J connectivity index is 1.07. The molecular weight excluding hydrogens is 863 g/mol. The fourth-order valence-electron chi connectivity index (χ4n) is 11.8. The van der Waals surface area contributed by atoms with Crippen LogP contribution >= 0.6 is 0 Å². The number of amides is 1. The van der Waals surface area contributed by atoms with Gasteiger partial charge in [0.05, 0.1) is 22.9 Å². The number of hydrogen-bond acceptors (Lipinski definition) is 13. The largest absolute Gasteiger partial charge is 0.508 e. The number of aromatic nitrogens is 2. The first-order chi connectivity index (χ1) is 32.2. The number of allylic oxidation sites excluding steroid dienone is 1. The molecule has 5 heterocycles. The van der Waals surface area contributed by atoms with Crippen LogP contribution in [0.5, 0.6) is 17.2 Å². The number of hydrogen-bond donors (Lipinski definition) is 9. The predicted octanol–water partition coefficient (Wildman–Crippen LogP) is 4.81. The van der Waals surface area contributed by atoms with Crippen molar-refractivity contribution in [3.8, 4) is 22.9 Å². The van der Waals surface area contributed by atoms with Crippen molar-refractivity contribution in [2.24, 2.45) is 17.3 Å². The molecule has 3 aromatic heterocycles. The highest BCUT2D eigenvalue weighted by Crippen LogP contribution is 2.55. The number of aliphatic hydroxyl groups excluding tert-OH is 4. The van der Waals surface area contributed by atoms with Crippen molar-refractivity contribution in [3.63, 3.8) is 0 Å². The molecule has 2 spiro atoms. The third kappa shape index (κ3) is 7.50. The average molecular weight is 920 g/mol. The van der Waals surface area contributed by atoms with E-state index < -0.39 is 60.7 Å². The molecule has 0 unspecified atom stereocenters. The van der Waals surface area contributed by atoms with Gasteiger partial charge >= 0.3 is 0 Å². The van der Waals surface area contributed by atoms with Crippen molar-refractivity contribution in [3.05, 3.63) is 106 Å². The quantitative estimate of drug-likeness (QED) is 0.0429. The predicted molar refractivity (Wildman–Crippen MR) is 246 cm³/mol. The Morgan fingerprint density at radius 1 is 1.00 bits per heavy atom. The molecule has 10 rings (SSSR count). The number of H-pyrrole nitrogens is 1. The summed E-state index contributed by atoms with van der Waals surface area (Å²) in [6.45, 7) is 2.59. The first kappa shape index (κ1) is 45.1. The minimum atomic E-state index is -2.42. The van der Waals surface area contributed by atoms with Gasteiger partial charge in [0.1, 0.15) is 65.2 Å². The lowest BCUT2D eigenvalue weighted by Gasteiger charge is -2.48. The van der Waals surface area contributed by atoms with Gasteiger partial charge in [-0.25, -0.2) is 9.78 Å². The Morgan fingerprint density at radius 3 is 2.58 bits per heavy atom. The van der Waals surface area contributed by atoms with Crippen LogP contribution in [-0.2, 0) is 33.8 Å². The number of aromatic amines is 1. The summed E-state index contributed by atoms with van der Waals surface area (Å²) in [6.07, 6.45) is 5.74. The summed E-state index contributed by atoms with van der Waals surface area (Å²) in [5.74, 6) is 0.616. The van der Waals surface area contributed by atoms with Gasteiger partial charge in [-0.2, -0.15) is 0 Å². The molecule has 1 amide bonds. The van der Waals surface area contributed by atoms with Crippen molar-refractivity contribution < 1.29 is 59.5 Å². The zero-order valence-corrected chi connectivity index (χ0v) is 37.4. The van der Waals surface area contributed by atoms with Crippen LogP contribution in [0.3, 0.4) is 0 Å². The van der Waals surface area contributed by atoms with Gasteiger partial charge in [0.25, 0.3) is 0 Å². The zero-order valence-electron chi connectivity index (χ0n) is 37.4. The van der Waals surface area contributed by atoms with Gasteiger partial charge < -0.3 is 59.8 Å². The zero-order chi connectivity index (χ0) is 47.0. The monoisotopic (exact) mass is 919 g/mol. The van der Waals surface area contributed by atoms with Crippen LogP contribution in [0, 0.1) is 24.2 Å². The Morgan fingerprint density at radius 2 is 1.81 bits per heavy atom. The molecule has 6 aromatic rings. The van der Waals surface area contributed by atoms with E-state index in [1.54, 1.807) is 13.0 Å². The first-order valence-electron chi connectivity index (χ1n) is 23.2. The molecule has 0 bridgehead atoms. The van der Waals surface area contributed by atoms with Gasteiger partial charge in [0.2, 0.25) is 5.91 Å². The molecule has 8 atom stereocenters. The second-order valence-electron chi connectivity index (χ2n) is 19.3. The van der Waals surface area contributed by atoms with E-state index in [0.717, 1.165) is 42.3 Å². The second-order valence-corrected chi connectivity index (χ2v) is 19.3. The number of carbonyl (C=O) groups is 1. The molecule has 2 fully saturated rings. The Labute approximate surface area is 385 Å². The molecule has 0 radical (unpaired) electrons. The third-order valence-electron chi connectivity index (χ3n) is 15.3.